The van der Waals surface area contributed by atoms with Crippen LogP contribution in [-0.4, -0.2) is 51.9 Å². The van der Waals surface area contributed by atoms with Gasteiger partial charge in [0, 0.05) is 55.8 Å². The number of rotatable bonds is 4. The SMILES string of the molecule is CCc1cc(=O)[nH]c(-c2ccc(N3CCN(C(=O)c4ccc(F)cc4F)CC3)nc2)n1. The summed E-state index contributed by atoms with van der Waals surface area (Å²) in [6, 6.07) is 8.12. The van der Waals surface area contributed by atoms with Gasteiger partial charge in [-0.15, -0.1) is 0 Å². The molecule has 0 radical (unpaired) electrons. The zero-order valence-electron chi connectivity index (χ0n) is 16.9. The fourth-order valence-corrected chi connectivity index (χ4v) is 3.51. The van der Waals surface area contributed by atoms with Crippen molar-refractivity contribution in [3.05, 3.63) is 75.8 Å². The molecule has 1 aliphatic rings. The van der Waals surface area contributed by atoms with E-state index in [1.165, 1.54) is 12.1 Å². The first-order valence-electron chi connectivity index (χ1n) is 10.0. The van der Waals surface area contributed by atoms with E-state index in [0.717, 1.165) is 11.9 Å². The summed E-state index contributed by atoms with van der Waals surface area (Å²) >= 11 is 0. The molecule has 1 aliphatic heterocycles. The maximum atomic E-state index is 13.9. The van der Waals surface area contributed by atoms with Gasteiger partial charge < -0.3 is 14.8 Å². The minimum absolute atomic E-state index is 0.131. The largest absolute Gasteiger partial charge is 0.353 e. The molecule has 3 heterocycles. The van der Waals surface area contributed by atoms with Gasteiger partial charge in [0.2, 0.25) is 0 Å². The van der Waals surface area contributed by atoms with Gasteiger partial charge in [0.15, 0.2) is 0 Å². The highest BCUT2D eigenvalue weighted by atomic mass is 19.1. The van der Waals surface area contributed by atoms with Crippen LogP contribution in [0.15, 0.2) is 47.4 Å². The quantitative estimate of drug-likeness (QED) is 0.695. The first-order valence-corrected chi connectivity index (χ1v) is 10.0. The number of hydrogen-bond donors (Lipinski definition) is 1. The maximum Gasteiger partial charge on any atom is 0.256 e. The molecule has 0 atom stereocenters. The van der Waals surface area contributed by atoms with Gasteiger partial charge in [-0.25, -0.2) is 18.7 Å². The smallest absolute Gasteiger partial charge is 0.256 e. The molecule has 9 heteroatoms. The van der Waals surface area contributed by atoms with Crippen molar-refractivity contribution >= 4 is 11.7 Å². The van der Waals surface area contributed by atoms with Gasteiger partial charge in [0.05, 0.1) is 5.56 Å². The van der Waals surface area contributed by atoms with Crippen molar-refractivity contribution in [2.45, 2.75) is 13.3 Å². The monoisotopic (exact) mass is 425 g/mol. The van der Waals surface area contributed by atoms with Crippen LogP contribution in [0.3, 0.4) is 0 Å². The molecule has 4 rings (SSSR count). The van der Waals surface area contributed by atoms with Gasteiger partial charge in [-0.2, -0.15) is 0 Å². The Morgan fingerprint density at radius 2 is 1.87 bits per heavy atom. The normalized spacial score (nSPS) is 14.0. The van der Waals surface area contributed by atoms with Crippen molar-refractivity contribution in [2.24, 2.45) is 0 Å². The Labute approximate surface area is 177 Å². The number of amides is 1. The van der Waals surface area contributed by atoms with E-state index < -0.39 is 17.5 Å². The molecule has 0 unspecified atom stereocenters. The van der Waals surface area contributed by atoms with Crippen LogP contribution in [-0.2, 0) is 6.42 Å². The van der Waals surface area contributed by atoms with E-state index in [-0.39, 0.29) is 11.1 Å². The minimum atomic E-state index is -0.858. The summed E-state index contributed by atoms with van der Waals surface area (Å²) in [7, 11) is 0. The molecule has 0 spiro atoms. The van der Waals surface area contributed by atoms with Crippen molar-refractivity contribution in [1.82, 2.24) is 19.9 Å². The molecule has 31 heavy (non-hydrogen) atoms. The Kier molecular flexibility index (Phi) is 5.75. The Balaban J connectivity index is 1.43. The predicted octanol–water partition coefficient (Wildman–Crippen LogP) is 2.63. The third-order valence-corrected chi connectivity index (χ3v) is 5.23. The van der Waals surface area contributed by atoms with Crippen LogP contribution in [0, 0.1) is 11.6 Å². The summed E-state index contributed by atoms with van der Waals surface area (Å²) in [5.41, 5.74) is 1.08. The maximum absolute atomic E-state index is 13.9. The second-order valence-corrected chi connectivity index (χ2v) is 7.25. The van der Waals surface area contributed by atoms with Gasteiger partial charge in [0.1, 0.15) is 23.3 Å². The third-order valence-electron chi connectivity index (χ3n) is 5.23. The van der Waals surface area contributed by atoms with Gasteiger partial charge in [-0.05, 0) is 30.7 Å². The van der Waals surface area contributed by atoms with Crippen LogP contribution >= 0.6 is 0 Å². The Bertz CT molecular complexity index is 1160. The number of piperazine rings is 1. The summed E-state index contributed by atoms with van der Waals surface area (Å²) in [5, 5.41) is 0. The molecule has 1 aromatic carbocycles. The van der Waals surface area contributed by atoms with Crippen molar-refractivity contribution < 1.29 is 13.6 Å². The summed E-state index contributed by atoms with van der Waals surface area (Å²) in [4.78, 5) is 39.5. The molecule has 7 nitrogen and oxygen atoms in total. The molecule has 0 bridgehead atoms. The van der Waals surface area contributed by atoms with E-state index >= 15 is 0 Å². The number of H-pyrrole nitrogens is 1. The predicted molar refractivity (Wildman–Crippen MR) is 112 cm³/mol. The van der Waals surface area contributed by atoms with E-state index in [2.05, 4.69) is 15.0 Å². The first kappa shape index (κ1) is 20.6. The minimum Gasteiger partial charge on any atom is -0.353 e. The van der Waals surface area contributed by atoms with Crippen LogP contribution in [0.2, 0.25) is 0 Å². The molecule has 3 aromatic rings. The number of halogens is 2. The number of aryl methyl sites for hydroxylation is 1. The van der Waals surface area contributed by atoms with Gasteiger partial charge in [-0.1, -0.05) is 6.92 Å². The second kappa shape index (κ2) is 8.63. The number of pyridine rings is 1. The topological polar surface area (TPSA) is 82.2 Å². The Morgan fingerprint density at radius 1 is 1.10 bits per heavy atom. The molecule has 2 aromatic heterocycles. The number of carbonyl (C=O) groups is 1. The van der Waals surface area contributed by atoms with Crippen LogP contribution in [0.25, 0.3) is 11.4 Å². The number of nitrogens with zero attached hydrogens (tertiary/aromatic N) is 4. The van der Waals surface area contributed by atoms with Crippen LogP contribution in [0.5, 0.6) is 0 Å². The molecule has 160 valence electrons. The van der Waals surface area contributed by atoms with E-state index in [1.807, 2.05) is 24.0 Å². The average Bonchev–Trinajstić information content (AvgIpc) is 2.78. The van der Waals surface area contributed by atoms with Gasteiger partial charge in [0.25, 0.3) is 11.5 Å². The highest BCUT2D eigenvalue weighted by Crippen LogP contribution is 2.20. The van der Waals surface area contributed by atoms with E-state index in [9.17, 15) is 18.4 Å². The standard InChI is InChI=1S/C22H21F2N5O2/c1-2-16-12-20(30)27-21(26-16)14-3-6-19(25-13-14)28-7-9-29(10-8-28)22(31)17-5-4-15(23)11-18(17)24/h3-6,11-13H,2,7-10H2,1H3,(H,26,27,30). The molecule has 0 saturated carbocycles. The fraction of sp³-hybridized carbons (Fsp3) is 0.273. The van der Waals surface area contributed by atoms with Crippen molar-refractivity contribution in [3.8, 4) is 11.4 Å². The number of hydrogen-bond acceptors (Lipinski definition) is 5. The molecule has 1 N–H and O–H groups in total. The number of aromatic nitrogens is 3. The highest BCUT2D eigenvalue weighted by molar-refractivity contribution is 5.94. The van der Waals surface area contributed by atoms with E-state index in [4.69, 9.17) is 0 Å². The van der Waals surface area contributed by atoms with Crippen molar-refractivity contribution in [1.29, 1.82) is 0 Å². The lowest BCUT2D eigenvalue weighted by molar-refractivity contribution is 0.0741. The zero-order chi connectivity index (χ0) is 22.0. The third kappa shape index (κ3) is 4.45. The molecule has 1 saturated heterocycles. The van der Waals surface area contributed by atoms with Crippen molar-refractivity contribution in [3.63, 3.8) is 0 Å². The second-order valence-electron chi connectivity index (χ2n) is 7.25. The number of carbonyl (C=O) groups excluding carboxylic acids is 1. The number of anilines is 1. The molecule has 0 aliphatic carbocycles. The molecular formula is C22H21F2N5O2. The fourth-order valence-electron chi connectivity index (χ4n) is 3.51. The van der Waals surface area contributed by atoms with Crippen LogP contribution < -0.4 is 10.5 Å². The van der Waals surface area contributed by atoms with Crippen LogP contribution in [0.1, 0.15) is 23.0 Å². The molecule has 1 fully saturated rings. The van der Waals surface area contributed by atoms with Crippen molar-refractivity contribution in [2.75, 3.05) is 31.1 Å². The first-order chi connectivity index (χ1) is 14.9. The molecule has 1 amide bonds. The number of aromatic amines is 1. The van der Waals surface area contributed by atoms with E-state index in [0.29, 0.717) is 55.7 Å². The molecular weight excluding hydrogens is 404 g/mol. The van der Waals surface area contributed by atoms with E-state index in [1.54, 1.807) is 11.1 Å². The lowest BCUT2D eigenvalue weighted by Crippen LogP contribution is -2.49. The summed E-state index contributed by atoms with van der Waals surface area (Å²) in [6.45, 7) is 3.78. The highest BCUT2D eigenvalue weighted by Gasteiger charge is 2.25. The lowest BCUT2D eigenvalue weighted by Gasteiger charge is -2.35. The average molecular weight is 425 g/mol. The summed E-state index contributed by atoms with van der Waals surface area (Å²) in [5.74, 6) is -0.818. The Morgan fingerprint density at radius 3 is 2.52 bits per heavy atom. The van der Waals surface area contributed by atoms with Gasteiger partial charge >= 0.3 is 0 Å². The Hall–Kier alpha value is -3.62. The van der Waals surface area contributed by atoms with Crippen LogP contribution in [0.4, 0.5) is 14.6 Å². The number of nitrogens with one attached hydrogen (secondary N) is 1. The van der Waals surface area contributed by atoms with Gasteiger partial charge in [-0.3, -0.25) is 9.59 Å². The zero-order valence-corrected chi connectivity index (χ0v) is 16.9. The summed E-state index contributed by atoms with van der Waals surface area (Å²) < 4.78 is 27.0. The summed E-state index contributed by atoms with van der Waals surface area (Å²) in [6.07, 6.45) is 2.31. The lowest BCUT2D eigenvalue weighted by atomic mass is 10.1. The number of benzene rings is 1.